The maximum atomic E-state index is 12.8. The van der Waals surface area contributed by atoms with Gasteiger partial charge in [0.1, 0.15) is 6.61 Å². The Labute approximate surface area is 120 Å². The van der Waals surface area contributed by atoms with E-state index in [-0.39, 0.29) is 18.6 Å². The second-order valence-corrected chi connectivity index (χ2v) is 4.48. The molecule has 0 aromatic heterocycles. The molecular formula is C16H13F3O2. The van der Waals surface area contributed by atoms with Crippen LogP contribution in [0.1, 0.15) is 16.7 Å². The number of halogens is 3. The van der Waals surface area contributed by atoms with Crippen molar-refractivity contribution in [3.8, 4) is 0 Å². The van der Waals surface area contributed by atoms with Gasteiger partial charge in [-0.05, 0) is 11.6 Å². The molecule has 0 fully saturated rings. The monoisotopic (exact) mass is 294 g/mol. The van der Waals surface area contributed by atoms with E-state index in [1.54, 1.807) is 24.3 Å². The Balaban J connectivity index is 1.99. The molecule has 2 nitrogen and oxygen atoms in total. The van der Waals surface area contributed by atoms with Crippen molar-refractivity contribution in [2.75, 3.05) is 0 Å². The Morgan fingerprint density at radius 3 is 2.24 bits per heavy atom. The third-order valence-electron chi connectivity index (χ3n) is 2.90. The van der Waals surface area contributed by atoms with Crippen molar-refractivity contribution in [3.63, 3.8) is 0 Å². The van der Waals surface area contributed by atoms with Crippen LogP contribution < -0.4 is 0 Å². The van der Waals surface area contributed by atoms with Crippen molar-refractivity contribution in [2.45, 2.75) is 19.2 Å². The summed E-state index contributed by atoms with van der Waals surface area (Å²) in [7, 11) is 0. The van der Waals surface area contributed by atoms with Gasteiger partial charge in [0.05, 0.1) is 12.0 Å². The Bertz CT molecular complexity index is 606. The molecule has 0 aliphatic heterocycles. The highest BCUT2D eigenvalue weighted by Gasteiger charge is 2.33. The van der Waals surface area contributed by atoms with Crippen LogP contribution in [0.4, 0.5) is 13.2 Å². The first-order valence-electron chi connectivity index (χ1n) is 6.31. The van der Waals surface area contributed by atoms with Gasteiger partial charge in [-0.2, -0.15) is 13.2 Å². The van der Waals surface area contributed by atoms with Crippen molar-refractivity contribution in [2.24, 2.45) is 0 Å². The van der Waals surface area contributed by atoms with Gasteiger partial charge in [0, 0.05) is 5.56 Å². The fraction of sp³-hybridized carbons (Fsp3) is 0.188. The zero-order valence-corrected chi connectivity index (χ0v) is 11.1. The first kappa shape index (κ1) is 15.1. The lowest BCUT2D eigenvalue weighted by atomic mass is 10.1. The number of carbonyl (C=O) groups is 1. The van der Waals surface area contributed by atoms with Crippen LogP contribution in [0.5, 0.6) is 0 Å². The predicted molar refractivity (Wildman–Crippen MR) is 71.4 cm³/mol. The van der Waals surface area contributed by atoms with Crippen LogP contribution in [-0.4, -0.2) is 5.97 Å². The number of rotatable bonds is 4. The molecule has 0 saturated carbocycles. The summed E-state index contributed by atoms with van der Waals surface area (Å²) in [5, 5.41) is 0. The summed E-state index contributed by atoms with van der Waals surface area (Å²) >= 11 is 0. The number of alkyl halides is 3. The highest BCUT2D eigenvalue weighted by atomic mass is 19.4. The normalized spacial score (nSPS) is 11.2. The summed E-state index contributed by atoms with van der Waals surface area (Å²) in [5.41, 5.74) is -0.0736. The number of hydrogen-bond acceptors (Lipinski definition) is 2. The van der Waals surface area contributed by atoms with Crippen LogP contribution in [0.25, 0.3) is 0 Å². The topological polar surface area (TPSA) is 26.3 Å². The van der Waals surface area contributed by atoms with Crippen molar-refractivity contribution >= 4 is 5.97 Å². The molecule has 2 rings (SSSR count). The second-order valence-electron chi connectivity index (χ2n) is 4.48. The highest BCUT2D eigenvalue weighted by Crippen LogP contribution is 2.32. The van der Waals surface area contributed by atoms with Crippen LogP contribution >= 0.6 is 0 Å². The van der Waals surface area contributed by atoms with Crippen molar-refractivity contribution < 1.29 is 22.7 Å². The summed E-state index contributed by atoms with van der Waals surface area (Å²) in [4.78, 5) is 11.6. The van der Waals surface area contributed by atoms with E-state index in [2.05, 4.69) is 0 Å². The number of carbonyl (C=O) groups excluding carboxylic acids is 1. The predicted octanol–water partition coefficient (Wildman–Crippen LogP) is 3.99. The molecule has 0 spiro atoms. The largest absolute Gasteiger partial charge is 0.461 e. The minimum absolute atomic E-state index is 0.0367. The Kier molecular flexibility index (Phi) is 4.62. The Morgan fingerprint density at radius 2 is 1.57 bits per heavy atom. The number of ether oxygens (including phenoxy) is 1. The zero-order chi connectivity index (χ0) is 15.3. The van der Waals surface area contributed by atoms with E-state index in [1.807, 2.05) is 6.07 Å². The van der Waals surface area contributed by atoms with Crippen LogP contribution in [0.3, 0.4) is 0 Å². The van der Waals surface area contributed by atoms with Crippen molar-refractivity contribution in [1.82, 2.24) is 0 Å². The van der Waals surface area contributed by atoms with Gasteiger partial charge in [0.25, 0.3) is 0 Å². The fourth-order valence-electron chi connectivity index (χ4n) is 1.89. The number of benzene rings is 2. The van der Waals surface area contributed by atoms with E-state index in [0.29, 0.717) is 0 Å². The first-order valence-corrected chi connectivity index (χ1v) is 6.31. The van der Waals surface area contributed by atoms with Crippen molar-refractivity contribution in [1.29, 1.82) is 0 Å². The molecule has 21 heavy (non-hydrogen) atoms. The van der Waals surface area contributed by atoms with E-state index in [4.69, 9.17) is 4.74 Å². The molecule has 0 atom stereocenters. The zero-order valence-electron chi connectivity index (χ0n) is 11.1. The minimum Gasteiger partial charge on any atom is -0.461 e. The Morgan fingerprint density at radius 1 is 0.952 bits per heavy atom. The molecule has 0 aliphatic rings. The summed E-state index contributed by atoms with van der Waals surface area (Å²) in [5.74, 6) is -0.557. The van der Waals surface area contributed by atoms with Gasteiger partial charge in [-0.1, -0.05) is 48.5 Å². The van der Waals surface area contributed by atoms with Crippen molar-refractivity contribution in [3.05, 3.63) is 71.3 Å². The lowest BCUT2D eigenvalue weighted by Gasteiger charge is -2.12. The lowest BCUT2D eigenvalue weighted by Crippen LogP contribution is -2.13. The van der Waals surface area contributed by atoms with Gasteiger partial charge < -0.3 is 4.74 Å². The summed E-state index contributed by atoms with van der Waals surface area (Å²) in [6.45, 7) is -0.388. The van der Waals surface area contributed by atoms with Gasteiger partial charge in [-0.3, -0.25) is 4.79 Å². The Hall–Kier alpha value is -2.30. The van der Waals surface area contributed by atoms with Crippen LogP contribution in [0.2, 0.25) is 0 Å². The van der Waals surface area contributed by atoms with E-state index < -0.39 is 17.7 Å². The molecule has 0 saturated heterocycles. The molecular weight excluding hydrogens is 281 g/mol. The average Bonchev–Trinajstić information content (AvgIpc) is 2.45. The standard InChI is InChI=1S/C16H13F3O2/c17-16(18,19)14-9-5-4-8-13(14)11-21-15(20)10-12-6-2-1-3-7-12/h1-9H,10-11H2. The quantitative estimate of drug-likeness (QED) is 0.797. The van der Waals surface area contributed by atoms with E-state index in [9.17, 15) is 18.0 Å². The summed E-state index contributed by atoms with van der Waals surface area (Å²) < 4.78 is 43.3. The SMILES string of the molecule is O=C(Cc1ccccc1)OCc1ccccc1C(F)(F)F. The fourth-order valence-corrected chi connectivity index (χ4v) is 1.89. The second kappa shape index (κ2) is 6.43. The molecule has 0 N–H and O–H groups in total. The van der Waals surface area contributed by atoms with E-state index >= 15 is 0 Å². The average molecular weight is 294 g/mol. The summed E-state index contributed by atoms with van der Waals surface area (Å²) in [6.07, 6.45) is -4.42. The molecule has 0 amide bonds. The molecule has 0 aliphatic carbocycles. The third kappa shape index (κ3) is 4.34. The van der Waals surface area contributed by atoms with Crippen LogP contribution in [0.15, 0.2) is 54.6 Å². The van der Waals surface area contributed by atoms with Gasteiger partial charge in [0.2, 0.25) is 0 Å². The first-order chi connectivity index (χ1) is 9.97. The third-order valence-corrected chi connectivity index (χ3v) is 2.90. The molecule has 0 bridgehead atoms. The maximum absolute atomic E-state index is 12.8. The van der Waals surface area contributed by atoms with Crippen LogP contribution in [-0.2, 0) is 28.7 Å². The van der Waals surface area contributed by atoms with Gasteiger partial charge in [0.15, 0.2) is 0 Å². The van der Waals surface area contributed by atoms with Gasteiger partial charge in [-0.25, -0.2) is 0 Å². The highest BCUT2D eigenvalue weighted by molar-refractivity contribution is 5.72. The summed E-state index contributed by atoms with van der Waals surface area (Å²) in [6, 6.07) is 13.9. The molecule has 5 heteroatoms. The minimum atomic E-state index is -4.46. The maximum Gasteiger partial charge on any atom is 0.416 e. The molecule has 0 heterocycles. The molecule has 2 aromatic carbocycles. The van der Waals surface area contributed by atoms with Gasteiger partial charge >= 0.3 is 12.1 Å². The van der Waals surface area contributed by atoms with Gasteiger partial charge in [-0.15, -0.1) is 0 Å². The number of hydrogen-bond donors (Lipinski definition) is 0. The molecule has 110 valence electrons. The van der Waals surface area contributed by atoms with E-state index in [1.165, 1.54) is 18.2 Å². The molecule has 0 unspecified atom stereocenters. The molecule has 2 aromatic rings. The smallest absolute Gasteiger partial charge is 0.416 e. The lowest BCUT2D eigenvalue weighted by molar-refractivity contribution is -0.147. The molecule has 0 radical (unpaired) electrons. The van der Waals surface area contributed by atoms with Crippen LogP contribution in [0, 0.1) is 0 Å². The number of esters is 1. The van der Waals surface area contributed by atoms with E-state index in [0.717, 1.165) is 11.6 Å².